The first-order valence-corrected chi connectivity index (χ1v) is 7.26. The predicted molar refractivity (Wildman–Crippen MR) is 92.6 cm³/mol. The molecule has 0 unspecified atom stereocenters. The van der Waals surface area contributed by atoms with E-state index in [0.717, 1.165) is 22.6 Å². The molecule has 3 N–H and O–H groups in total. The van der Waals surface area contributed by atoms with E-state index in [1.807, 2.05) is 31.2 Å². The minimum Gasteiger partial charge on any atom is -0.497 e. The number of nitrogens with two attached hydrogens (primary N) is 1. The van der Waals surface area contributed by atoms with Crippen LogP contribution in [0.2, 0.25) is 0 Å². The van der Waals surface area contributed by atoms with E-state index in [1.165, 1.54) is 11.1 Å². The molecule has 0 aliphatic carbocycles. The second kappa shape index (κ2) is 6.98. The van der Waals surface area contributed by atoms with E-state index in [1.54, 1.807) is 7.11 Å². The second-order valence-corrected chi connectivity index (χ2v) is 5.56. The number of rotatable bonds is 4. The van der Waals surface area contributed by atoms with Gasteiger partial charge in [-0.2, -0.15) is 0 Å². The van der Waals surface area contributed by atoms with Crippen LogP contribution in [0.5, 0.6) is 5.75 Å². The van der Waals surface area contributed by atoms with Crippen molar-refractivity contribution < 1.29 is 4.74 Å². The average molecular weight is 297 g/mol. The Labute approximate surface area is 132 Å². The third-order valence-electron chi connectivity index (χ3n) is 3.27. The number of aryl methyl sites for hydroxylation is 3. The van der Waals surface area contributed by atoms with E-state index in [4.69, 9.17) is 10.5 Å². The SMILES string of the molecule is COc1cc(C)cc(CN=C(N)Nc2cc(C)cc(C)c2)c1. The van der Waals surface area contributed by atoms with Crippen LogP contribution in [0.15, 0.2) is 41.4 Å². The predicted octanol–water partition coefficient (Wildman–Crippen LogP) is 3.55. The van der Waals surface area contributed by atoms with E-state index in [9.17, 15) is 0 Å². The van der Waals surface area contributed by atoms with Crippen molar-refractivity contribution in [3.63, 3.8) is 0 Å². The number of ether oxygens (including phenoxy) is 1. The Morgan fingerprint density at radius 3 is 2.27 bits per heavy atom. The van der Waals surface area contributed by atoms with Gasteiger partial charge in [-0.25, -0.2) is 4.99 Å². The van der Waals surface area contributed by atoms with E-state index >= 15 is 0 Å². The Morgan fingerprint density at radius 2 is 1.64 bits per heavy atom. The molecule has 22 heavy (non-hydrogen) atoms. The molecule has 0 spiro atoms. The zero-order chi connectivity index (χ0) is 16.1. The molecule has 4 nitrogen and oxygen atoms in total. The molecule has 2 aromatic rings. The van der Waals surface area contributed by atoms with Crippen LogP contribution in [0.1, 0.15) is 22.3 Å². The molecule has 0 radical (unpaired) electrons. The van der Waals surface area contributed by atoms with Crippen LogP contribution in [0, 0.1) is 20.8 Å². The van der Waals surface area contributed by atoms with Gasteiger partial charge in [0.2, 0.25) is 0 Å². The van der Waals surface area contributed by atoms with Crippen LogP contribution in [0.3, 0.4) is 0 Å². The number of hydrogen-bond acceptors (Lipinski definition) is 2. The summed E-state index contributed by atoms with van der Waals surface area (Å²) in [7, 11) is 1.66. The Balaban J connectivity index is 2.08. The van der Waals surface area contributed by atoms with Gasteiger partial charge in [-0.05, 0) is 67.3 Å². The zero-order valence-corrected chi connectivity index (χ0v) is 13.6. The van der Waals surface area contributed by atoms with Crippen molar-refractivity contribution in [2.24, 2.45) is 10.7 Å². The largest absolute Gasteiger partial charge is 0.497 e. The molecule has 0 aliphatic heterocycles. The Hall–Kier alpha value is -2.49. The van der Waals surface area contributed by atoms with Gasteiger partial charge in [0.05, 0.1) is 13.7 Å². The van der Waals surface area contributed by atoms with E-state index in [2.05, 4.69) is 36.3 Å². The van der Waals surface area contributed by atoms with Gasteiger partial charge in [-0.15, -0.1) is 0 Å². The number of aliphatic imine (C=N–C) groups is 1. The van der Waals surface area contributed by atoms with Crippen LogP contribution in [0.25, 0.3) is 0 Å². The molecule has 0 atom stereocenters. The van der Waals surface area contributed by atoms with Crippen LogP contribution in [0.4, 0.5) is 5.69 Å². The third kappa shape index (κ3) is 4.52. The van der Waals surface area contributed by atoms with Crippen LogP contribution in [-0.4, -0.2) is 13.1 Å². The summed E-state index contributed by atoms with van der Waals surface area (Å²) in [5.74, 6) is 1.25. The van der Waals surface area contributed by atoms with Gasteiger partial charge in [-0.1, -0.05) is 12.1 Å². The summed E-state index contributed by atoms with van der Waals surface area (Å²) >= 11 is 0. The van der Waals surface area contributed by atoms with Gasteiger partial charge >= 0.3 is 0 Å². The zero-order valence-electron chi connectivity index (χ0n) is 13.6. The highest BCUT2D eigenvalue weighted by atomic mass is 16.5. The highest BCUT2D eigenvalue weighted by molar-refractivity contribution is 5.92. The van der Waals surface area contributed by atoms with Crippen molar-refractivity contribution in [1.82, 2.24) is 0 Å². The molecule has 0 bridgehead atoms. The molecule has 0 aliphatic rings. The first-order valence-electron chi connectivity index (χ1n) is 7.26. The molecule has 0 saturated heterocycles. The number of anilines is 1. The highest BCUT2D eigenvalue weighted by Gasteiger charge is 2.00. The number of nitrogens with zero attached hydrogens (tertiary/aromatic N) is 1. The van der Waals surface area contributed by atoms with Crippen LogP contribution >= 0.6 is 0 Å². The topological polar surface area (TPSA) is 59.6 Å². The minimum absolute atomic E-state index is 0.408. The lowest BCUT2D eigenvalue weighted by atomic mass is 10.1. The molecule has 0 fully saturated rings. The first kappa shape index (κ1) is 15.9. The fourth-order valence-corrected chi connectivity index (χ4v) is 2.44. The Morgan fingerprint density at radius 1 is 1.00 bits per heavy atom. The molecule has 0 heterocycles. The molecular formula is C18H23N3O. The average Bonchev–Trinajstić information content (AvgIpc) is 2.43. The summed E-state index contributed by atoms with van der Waals surface area (Å²) in [5.41, 5.74) is 11.5. The summed E-state index contributed by atoms with van der Waals surface area (Å²) in [5, 5.41) is 3.13. The maximum Gasteiger partial charge on any atom is 0.193 e. The molecule has 116 valence electrons. The smallest absolute Gasteiger partial charge is 0.193 e. The molecule has 0 amide bonds. The quantitative estimate of drug-likeness (QED) is 0.670. The first-order chi connectivity index (χ1) is 10.5. The lowest BCUT2D eigenvalue weighted by Gasteiger charge is -2.09. The number of hydrogen-bond donors (Lipinski definition) is 2. The third-order valence-corrected chi connectivity index (χ3v) is 3.27. The van der Waals surface area contributed by atoms with Crippen molar-refractivity contribution in [2.75, 3.05) is 12.4 Å². The Bertz CT molecular complexity index is 672. The van der Waals surface area contributed by atoms with Gasteiger partial charge in [-0.3, -0.25) is 0 Å². The van der Waals surface area contributed by atoms with Crippen LogP contribution < -0.4 is 15.8 Å². The Kier molecular flexibility index (Phi) is 5.04. The molecule has 0 aromatic heterocycles. The number of guanidine groups is 1. The lowest BCUT2D eigenvalue weighted by molar-refractivity contribution is 0.414. The number of methoxy groups -OCH3 is 1. The summed E-state index contributed by atoms with van der Waals surface area (Å²) in [6.07, 6.45) is 0. The van der Waals surface area contributed by atoms with Gasteiger partial charge in [0.25, 0.3) is 0 Å². The fourth-order valence-electron chi connectivity index (χ4n) is 2.44. The molecule has 0 saturated carbocycles. The lowest BCUT2D eigenvalue weighted by Crippen LogP contribution is -2.22. The minimum atomic E-state index is 0.408. The number of nitrogens with one attached hydrogen (secondary N) is 1. The van der Waals surface area contributed by atoms with E-state index in [0.29, 0.717) is 12.5 Å². The molecule has 2 rings (SSSR count). The highest BCUT2D eigenvalue weighted by Crippen LogP contribution is 2.17. The second-order valence-electron chi connectivity index (χ2n) is 5.56. The van der Waals surface area contributed by atoms with Crippen molar-refractivity contribution >= 4 is 11.6 Å². The van der Waals surface area contributed by atoms with Crippen molar-refractivity contribution in [1.29, 1.82) is 0 Å². The summed E-state index contributed by atoms with van der Waals surface area (Å²) in [6, 6.07) is 12.3. The van der Waals surface area contributed by atoms with Crippen LogP contribution in [-0.2, 0) is 6.54 Å². The summed E-state index contributed by atoms with van der Waals surface area (Å²) in [6.45, 7) is 6.67. The fraction of sp³-hybridized carbons (Fsp3) is 0.278. The number of benzene rings is 2. The van der Waals surface area contributed by atoms with E-state index < -0.39 is 0 Å². The molecule has 2 aromatic carbocycles. The standard InChI is InChI=1S/C18H23N3O/c1-12-5-13(2)8-16(7-12)21-18(19)20-11-15-6-14(3)9-17(10-15)22-4/h5-10H,11H2,1-4H3,(H3,19,20,21). The molecular weight excluding hydrogens is 274 g/mol. The van der Waals surface area contributed by atoms with E-state index in [-0.39, 0.29) is 0 Å². The van der Waals surface area contributed by atoms with Crippen molar-refractivity contribution in [3.05, 3.63) is 58.7 Å². The van der Waals surface area contributed by atoms with Gasteiger partial charge in [0, 0.05) is 5.69 Å². The normalized spacial score (nSPS) is 11.4. The maximum atomic E-state index is 5.97. The molecule has 4 heteroatoms. The maximum absolute atomic E-state index is 5.97. The summed E-state index contributed by atoms with van der Waals surface area (Å²) < 4.78 is 5.27. The van der Waals surface area contributed by atoms with Gasteiger partial charge < -0.3 is 15.8 Å². The van der Waals surface area contributed by atoms with Gasteiger partial charge in [0.1, 0.15) is 5.75 Å². The summed E-state index contributed by atoms with van der Waals surface area (Å²) in [4.78, 5) is 4.39. The van der Waals surface area contributed by atoms with Crippen molar-refractivity contribution in [3.8, 4) is 5.75 Å². The van der Waals surface area contributed by atoms with Gasteiger partial charge in [0.15, 0.2) is 5.96 Å². The van der Waals surface area contributed by atoms with Crippen molar-refractivity contribution in [2.45, 2.75) is 27.3 Å². The monoisotopic (exact) mass is 297 g/mol.